The van der Waals surface area contributed by atoms with E-state index in [0.717, 1.165) is 5.56 Å². The van der Waals surface area contributed by atoms with E-state index in [2.05, 4.69) is 10.6 Å². The Bertz CT molecular complexity index is 936. The van der Waals surface area contributed by atoms with Gasteiger partial charge in [-0.1, -0.05) is 18.2 Å². The normalized spacial score (nSPS) is 10.4. The molecular formula is C20H17FN2O3. The summed E-state index contributed by atoms with van der Waals surface area (Å²) in [5.74, 6) is -0.925. The van der Waals surface area contributed by atoms with Crippen LogP contribution in [0, 0.1) is 12.7 Å². The Morgan fingerprint density at radius 2 is 1.88 bits per heavy atom. The van der Waals surface area contributed by atoms with E-state index in [1.165, 1.54) is 12.3 Å². The van der Waals surface area contributed by atoms with Crippen LogP contribution in [0.15, 0.2) is 65.3 Å². The van der Waals surface area contributed by atoms with E-state index in [9.17, 15) is 14.0 Å². The summed E-state index contributed by atoms with van der Waals surface area (Å²) in [5, 5.41) is 5.46. The van der Waals surface area contributed by atoms with Crippen molar-refractivity contribution in [1.82, 2.24) is 5.32 Å². The summed E-state index contributed by atoms with van der Waals surface area (Å²) < 4.78 is 18.6. The third-order valence-corrected chi connectivity index (χ3v) is 3.82. The van der Waals surface area contributed by atoms with Gasteiger partial charge in [0, 0.05) is 17.8 Å². The van der Waals surface area contributed by atoms with Gasteiger partial charge in [-0.15, -0.1) is 0 Å². The number of benzene rings is 2. The van der Waals surface area contributed by atoms with Crippen molar-refractivity contribution in [1.29, 1.82) is 0 Å². The molecule has 1 heterocycles. The molecule has 0 spiro atoms. The van der Waals surface area contributed by atoms with Crippen molar-refractivity contribution in [2.75, 3.05) is 5.32 Å². The van der Waals surface area contributed by atoms with E-state index in [0.29, 0.717) is 11.3 Å². The van der Waals surface area contributed by atoms with E-state index >= 15 is 0 Å². The molecule has 0 aliphatic heterocycles. The fourth-order valence-electron chi connectivity index (χ4n) is 2.38. The second kappa shape index (κ2) is 7.65. The smallest absolute Gasteiger partial charge is 0.291 e. The number of furan rings is 1. The van der Waals surface area contributed by atoms with Crippen molar-refractivity contribution in [3.05, 3.63) is 89.1 Å². The Hall–Kier alpha value is -3.41. The zero-order chi connectivity index (χ0) is 18.5. The third-order valence-electron chi connectivity index (χ3n) is 3.82. The van der Waals surface area contributed by atoms with Gasteiger partial charge in [-0.2, -0.15) is 0 Å². The van der Waals surface area contributed by atoms with Crippen LogP contribution in [0.1, 0.15) is 32.0 Å². The lowest BCUT2D eigenvalue weighted by molar-refractivity contribution is 0.0949. The van der Waals surface area contributed by atoms with Crippen molar-refractivity contribution in [3.8, 4) is 0 Å². The fourth-order valence-corrected chi connectivity index (χ4v) is 2.38. The first-order valence-corrected chi connectivity index (χ1v) is 8.01. The van der Waals surface area contributed by atoms with Gasteiger partial charge in [0.25, 0.3) is 11.8 Å². The molecule has 132 valence electrons. The molecule has 2 aromatic carbocycles. The number of aryl methyl sites for hydroxylation is 1. The molecule has 0 fully saturated rings. The quantitative estimate of drug-likeness (QED) is 0.731. The van der Waals surface area contributed by atoms with Crippen LogP contribution in [-0.4, -0.2) is 11.8 Å². The molecule has 3 rings (SSSR count). The highest BCUT2D eigenvalue weighted by Crippen LogP contribution is 2.13. The first kappa shape index (κ1) is 17.4. The molecular weight excluding hydrogens is 335 g/mol. The van der Waals surface area contributed by atoms with Crippen molar-refractivity contribution in [3.63, 3.8) is 0 Å². The second-order valence-electron chi connectivity index (χ2n) is 5.78. The number of carbonyl (C=O) groups excluding carboxylic acids is 2. The second-order valence-corrected chi connectivity index (χ2v) is 5.78. The molecule has 0 saturated carbocycles. The maximum absolute atomic E-state index is 13.6. The van der Waals surface area contributed by atoms with Crippen LogP contribution in [0.25, 0.3) is 0 Å². The first-order valence-electron chi connectivity index (χ1n) is 8.01. The molecule has 0 atom stereocenters. The summed E-state index contributed by atoms with van der Waals surface area (Å²) in [6.07, 6.45) is 1.43. The lowest BCUT2D eigenvalue weighted by Gasteiger charge is -2.09. The van der Waals surface area contributed by atoms with Crippen LogP contribution in [0.3, 0.4) is 0 Å². The van der Waals surface area contributed by atoms with E-state index in [1.54, 1.807) is 49.4 Å². The van der Waals surface area contributed by atoms with Crippen LogP contribution >= 0.6 is 0 Å². The summed E-state index contributed by atoms with van der Waals surface area (Å²) in [6, 6.07) is 14.6. The van der Waals surface area contributed by atoms with Crippen molar-refractivity contribution in [2.45, 2.75) is 13.5 Å². The van der Waals surface area contributed by atoms with Gasteiger partial charge in [0.15, 0.2) is 5.76 Å². The van der Waals surface area contributed by atoms with Gasteiger partial charge in [-0.25, -0.2) is 4.39 Å². The van der Waals surface area contributed by atoms with Crippen LogP contribution in [0.5, 0.6) is 0 Å². The summed E-state index contributed by atoms with van der Waals surface area (Å²) in [4.78, 5) is 24.1. The zero-order valence-electron chi connectivity index (χ0n) is 14.1. The summed E-state index contributed by atoms with van der Waals surface area (Å²) in [5.41, 5.74) is 2.12. The zero-order valence-corrected chi connectivity index (χ0v) is 14.1. The number of amides is 2. The Kier molecular flexibility index (Phi) is 5.12. The number of hydrogen-bond acceptors (Lipinski definition) is 3. The topological polar surface area (TPSA) is 71.3 Å². The van der Waals surface area contributed by atoms with Crippen molar-refractivity contribution >= 4 is 17.5 Å². The van der Waals surface area contributed by atoms with E-state index in [4.69, 9.17) is 4.42 Å². The number of hydrogen-bond donors (Lipinski definition) is 2. The maximum Gasteiger partial charge on any atom is 0.291 e. The predicted molar refractivity (Wildman–Crippen MR) is 95.4 cm³/mol. The van der Waals surface area contributed by atoms with Crippen LogP contribution in [-0.2, 0) is 6.54 Å². The monoisotopic (exact) mass is 352 g/mol. The highest BCUT2D eigenvalue weighted by molar-refractivity contribution is 6.02. The highest BCUT2D eigenvalue weighted by atomic mass is 19.1. The SMILES string of the molecule is Cc1ccc(C(=O)NCc2cccc(NC(=O)c3ccco3)c2)cc1F. The minimum atomic E-state index is -0.416. The molecule has 0 aliphatic carbocycles. The van der Waals surface area contributed by atoms with Gasteiger partial charge < -0.3 is 15.1 Å². The molecule has 0 bridgehead atoms. The van der Waals surface area contributed by atoms with Gasteiger partial charge in [0.05, 0.1) is 6.26 Å². The molecule has 2 N–H and O–H groups in total. The lowest BCUT2D eigenvalue weighted by atomic mass is 10.1. The lowest BCUT2D eigenvalue weighted by Crippen LogP contribution is -2.23. The molecule has 0 unspecified atom stereocenters. The van der Waals surface area contributed by atoms with Gasteiger partial charge >= 0.3 is 0 Å². The van der Waals surface area contributed by atoms with Crippen LogP contribution in [0.4, 0.5) is 10.1 Å². The number of carbonyl (C=O) groups is 2. The van der Waals surface area contributed by atoms with Gasteiger partial charge in [-0.3, -0.25) is 9.59 Å². The Labute approximate surface area is 149 Å². The number of nitrogens with one attached hydrogen (secondary N) is 2. The van der Waals surface area contributed by atoms with Crippen LogP contribution in [0.2, 0.25) is 0 Å². The van der Waals surface area contributed by atoms with E-state index in [1.807, 2.05) is 6.07 Å². The van der Waals surface area contributed by atoms with E-state index in [-0.39, 0.29) is 29.7 Å². The minimum absolute atomic E-state index is 0.213. The van der Waals surface area contributed by atoms with Gasteiger partial charge in [0.1, 0.15) is 5.82 Å². The summed E-state index contributed by atoms with van der Waals surface area (Å²) >= 11 is 0. The molecule has 2 amide bonds. The maximum atomic E-state index is 13.6. The van der Waals surface area contributed by atoms with E-state index < -0.39 is 5.82 Å². The first-order chi connectivity index (χ1) is 12.5. The Morgan fingerprint density at radius 3 is 2.62 bits per heavy atom. The molecule has 0 aliphatic rings. The molecule has 6 heteroatoms. The summed E-state index contributed by atoms with van der Waals surface area (Å²) in [7, 11) is 0. The fraction of sp³-hybridized carbons (Fsp3) is 0.100. The molecule has 26 heavy (non-hydrogen) atoms. The number of anilines is 1. The average molecular weight is 352 g/mol. The van der Waals surface area contributed by atoms with Gasteiger partial charge in [-0.05, 0) is 54.4 Å². The van der Waals surface area contributed by atoms with Crippen LogP contribution < -0.4 is 10.6 Å². The highest BCUT2D eigenvalue weighted by Gasteiger charge is 2.10. The standard InChI is InChI=1S/C20H17FN2O3/c1-13-7-8-15(11-17(13)21)19(24)22-12-14-4-2-5-16(10-14)23-20(25)18-6-3-9-26-18/h2-11H,12H2,1H3,(H,22,24)(H,23,25). The molecule has 3 aromatic rings. The van der Waals surface area contributed by atoms with Crippen molar-refractivity contribution in [2.24, 2.45) is 0 Å². The average Bonchev–Trinajstić information content (AvgIpc) is 3.17. The van der Waals surface area contributed by atoms with Gasteiger partial charge in [0.2, 0.25) is 0 Å². The largest absolute Gasteiger partial charge is 0.459 e. The molecule has 0 radical (unpaired) electrons. The minimum Gasteiger partial charge on any atom is -0.459 e. The summed E-state index contributed by atoms with van der Waals surface area (Å²) in [6.45, 7) is 1.89. The Balaban J connectivity index is 1.62. The molecule has 0 saturated heterocycles. The third kappa shape index (κ3) is 4.16. The number of halogens is 1. The predicted octanol–water partition coefficient (Wildman–Crippen LogP) is 3.91. The number of rotatable bonds is 5. The molecule has 1 aromatic heterocycles. The Morgan fingerprint density at radius 1 is 1.04 bits per heavy atom. The van der Waals surface area contributed by atoms with Crippen molar-refractivity contribution < 1.29 is 18.4 Å². The molecule has 5 nitrogen and oxygen atoms in total.